The van der Waals surface area contributed by atoms with Crippen LogP contribution >= 0.6 is 0 Å². The molecule has 1 aliphatic rings. The molecule has 0 unspecified atom stereocenters. The van der Waals surface area contributed by atoms with Crippen molar-refractivity contribution >= 4 is 6.34 Å². The Morgan fingerprint density at radius 1 is 1.36 bits per heavy atom. The van der Waals surface area contributed by atoms with E-state index < -0.39 is 6.43 Å². The Hall–Kier alpha value is -1.19. The summed E-state index contributed by atoms with van der Waals surface area (Å²) in [6.45, 7) is -0.304. The zero-order valence-electron chi connectivity index (χ0n) is 5.82. The molecular weight excluding hydrogens is 150 g/mol. The molecule has 0 amide bonds. The summed E-state index contributed by atoms with van der Waals surface area (Å²) in [6.07, 6.45) is 5.48. The number of hydrogen-bond acceptors (Lipinski definition) is 2. The topological polar surface area (TPSA) is 15.6 Å². The molecule has 1 aliphatic heterocycles. The summed E-state index contributed by atoms with van der Waals surface area (Å²) in [5.74, 6) is 0. The number of rotatable bonds is 2. The third-order valence-corrected chi connectivity index (χ3v) is 1.12. The van der Waals surface area contributed by atoms with Gasteiger partial charge in [-0.1, -0.05) is 0 Å². The molecule has 1 rings (SSSR count). The van der Waals surface area contributed by atoms with E-state index in [1.165, 1.54) is 11.2 Å². The second-order valence-corrected chi connectivity index (χ2v) is 2.04. The number of halogens is 2. The number of allylic oxidation sites excluding steroid dienone is 2. The fourth-order valence-corrected chi connectivity index (χ4v) is 0.690. The minimum absolute atomic E-state index is 0.304. The molecule has 0 saturated heterocycles. The third-order valence-electron chi connectivity index (χ3n) is 1.12. The van der Waals surface area contributed by atoms with Crippen LogP contribution in [0.25, 0.3) is 0 Å². The lowest BCUT2D eigenvalue weighted by Crippen LogP contribution is -2.21. The van der Waals surface area contributed by atoms with Crippen LogP contribution in [0, 0.1) is 0 Å². The van der Waals surface area contributed by atoms with E-state index in [4.69, 9.17) is 0 Å². The van der Waals surface area contributed by atoms with Crippen LogP contribution in [0.2, 0.25) is 0 Å². The van der Waals surface area contributed by atoms with E-state index in [-0.39, 0.29) is 6.54 Å². The van der Waals surface area contributed by atoms with Gasteiger partial charge in [0.2, 0.25) is 0 Å². The Morgan fingerprint density at radius 2 is 2.18 bits per heavy atom. The van der Waals surface area contributed by atoms with Crippen LogP contribution in [0.3, 0.4) is 0 Å². The quantitative estimate of drug-likeness (QED) is 0.596. The zero-order chi connectivity index (χ0) is 8.10. The van der Waals surface area contributed by atoms with Crippen LogP contribution in [-0.2, 0) is 0 Å². The predicted molar refractivity (Wildman–Crippen MR) is 39.5 cm³/mol. The molecule has 4 heteroatoms. The Kier molecular flexibility index (Phi) is 2.77. The number of alkyl halides is 2. The highest BCUT2D eigenvalue weighted by molar-refractivity contribution is 5.58. The maximum Gasteiger partial charge on any atom is 0.256 e. The van der Waals surface area contributed by atoms with Gasteiger partial charge in [-0.25, -0.2) is 13.8 Å². The zero-order valence-corrected chi connectivity index (χ0v) is 5.82. The summed E-state index contributed by atoms with van der Waals surface area (Å²) < 4.78 is 23.6. The highest BCUT2D eigenvalue weighted by Crippen LogP contribution is 1.99. The number of aliphatic imine (C=N–C) groups is 1. The summed E-state index contributed by atoms with van der Waals surface area (Å²) in [5, 5.41) is 0. The first-order chi connectivity index (χ1) is 5.29. The largest absolute Gasteiger partial charge is 0.333 e. The summed E-state index contributed by atoms with van der Waals surface area (Å²) in [4.78, 5) is 5.07. The van der Waals surface area contributed by atoms with Gasteiger partial charge in [0.05, 0.1) is 12.9 Å². The van der Waals surface area contributed by atoms with Gasteiger partial charge in [-0.15, -0.1) is 0 Å². The van der Waals surface area contributed by atoms with Gasteiger partial charge in [0.25, 0.3) is 6.43 Å². The van der Waals surface area contributed by atoms with Gasteiger partial charge >= 0.3 is 0 Å². The van der Waals surface area contributed by atoms with Crippen molar-refractivity contribution in [1.82, 2.24) is 4.90 Å². The van der Waals surface area contributed by atoms with E-state index in [9.17, 15) is 8.78 Å². The maximum absolute atomic E-state index is 11.8. The van der Waals surface area contributed by atoms with Crippen molar-refractivity contribution < 1.29 is 8.78 Å². The van der Waals surface area contributed by atoms with E-state index in [1.807, 2.05) is 0 Å². The lowest BCUT2D eigenvalue weighted by atomic mass is 10.5. The predicted octanol–water partition coefficient (Wildman–Crippen LogP) is 1.62. The van der Waals surface area contributed by atoms with Crippen molar-refractivity contribution in [3.63, 3.8) is 0 Å². The monoisotopic (exact) mass is 158 g/mol. The van der Waals surface area contributed by atoms with Crippen molar-refractivity contribution in [2.45, 2.75) is 6.43 Å². The van der Waals surface area contributed by atoms with Gasteiger partial charge in [0.15, 0.2) is 0 Å². The smallest absolute Gasteiger partial charge is 0.256 e. The molecule has 0 saturated carbocycles. The van der Waals surface area contributed by atoms with E-state index in [0.717, 1.165) is 0 Å². The average Bonchev–Trinajstić information content (AvgIpc) is 2.14. The van der Waals surface area contributed by atoms with Crippen molar-refractivity contribution in [3.05, 3.63) is 24.6 Å². The highest BCUT2D eigenvalue weighted by Gasteiger charge is 2.05. The SMILES string of the molecule is FC(F)CN1C=CC=CN=C1. The Bertz CT molecular complexity index is 181. The van der Waals surface area contributed by atoms with Crippen molar-refractivity contribution in [3.8, 4) is 0 Å². The summed E-state index contributed by atoms with van der Waals surface area (Å²) >= 11 is 0. The second kappa shape index (κ2) is 3.85. The molecule has 0 aromatic carbocycles. The van der Waals surface area contributed by atoms with Gasteiger partial charge in [0.1, 0.15) is 0 Å². The van der Waals surface area contributed by atoms with Crippen LogP contribution in [0.4, 0.5) is 8.78 Å². The minimum atomic E-state index is -2.33. The van der Waals surface area contributed by atoms with Crippen LogP contribution in [0.5, 0.6) is 0 Å². The fourth-order valence-electron chi connectivity index (χ4n) is 0.690. The molecule has 0 N–H and O–H groups in total. The van der Waals surface area contributed by atoms with E-state index >= 15 is 0 Å². The highest BCUT2D eigenvalue weighted by atomic mass is 19.3. The van der Waals surface area contributed by atoms with Gasteiger partial charge in [0, 0.05) is 12.4 Å². The average molecular weight is 158 g/mol. The lowest BCUT2D eigenvalue weighted by Gasteiger charge is -2.11. The van der Waals surface area contributed by atoms with E-state index in [0.29, 0.717) is 0 Å². The maximum atomic E-state index is 11.8. The molecule has 0 aliphatic carbocycles. The van der Waals surface area contributed by atoms with Crippen LogP contribution in [-0.4, -0.2) is 24.2 Å². The fraction of sp³-hybridized carbons (Fsp3) is 0.286. The van der Waals surface area contributed by atoms with Crippen LogP contribution < -0.4 is 0 Å². The molecule has 60 valence electrons. The minimum Gasteiger partial charge on any atom is -0.333 e. The third kappa shape index (κ3) is 2.93. The molecule has 0 spiro atoms. The van der Waals surface area contributed by atoms with Crippen molar-refractivity contribution in [1.29, 1.82) is 0 Å². The molecule has 2 nitrogen and oxygen atoms in total. The van der Waals surface area contributed by atoms with E-state index in [1.54, 1.807) is 24.6 Å². The normalized spacial score (nSPS) is 16.1. The van der Waals surface area contributed by atoms with Crippen molar-refractivity contribution in [2.75, 3.05) is 6.54 Å². The number of hydrogen-bond donors (Lipinski definition) is 0. The molecule has 0 aromatic rings. The van der Waals surface area contributed by atoms with Gasteiger partial charge < -0.3 is 4.90 Å². The Balaban J connectivity index is 2.46. The lowest BCUT2D eigenvalue weighted by molar-refractivity contribution is 0.129. The van der Waals surface area contributed by atoms with Crippen LogP contribution in [0.15, 0.2) is 29.5 Å². The van der Waals surface area contributed by atoms with E-state index in [2.05, 4.69) is 4.99 Å². The Morgan fingerprint density at radius 3 is 2.91 bits per heavy atom. The molecule has 0 fully saturated rings. The summed E-state index contributed by atoms with van der Waals surface area (Å²) in [5.41, 5.74) is 0. The summed E-state index contributed by atoms with van der Waals surface area (Å²) in [6, 6.07) is 0. The molecule has 0 aromatic heterocycles. The van der Waals surface area contributed by atoms with Gasteiger partial charge in [-0.2, -0.15) is 0 Å². The standard InChI is InChI=1S/C7H8F2N2/c8-7(9)5-11-4-2-1-3-10-6-11/h1-4,6-7H,5H2. The van der Waals surface area contributed by atoms with Crippen molar-refractivity contribution in [2.24, 2.45) is 4.99 Å². The second-order valence-electron chi connectivity index (χ2n) is 2.04. The van der Waals surface area contributed by atoms with Crippen LogP contribution in [0.1, 0.15) is 0 Å². The Labute approximate surface area is 63.5 Å². The number of nitrogens with zero attached hydrogens (tertiary/aromatic N) is 2. The molecule has 0 radical (unpaired) electrons. The first-order valence-corrected chi connectivity index (χ1v) is 3.19. The molecule has 0 bridgehead atoms. The van der Waals surface area contributed by atoms with Gasteiger partial charge in [-0.05, 0) is 12.2 Å². The molecule has 0 atom stereocenters. The summed E-state index contributed by atoms with van der Waals surface area (Å²) in [7, 11) is 0. The molecular formula is C7H8F2N2. The molecule has 1 heterocycles. The van der Waals surface area contributed by atoms with Gasteiger partial charge in [-0.3, -0.25) is 0 Å². The first-order valence-electron chi connectivity index (χ1n) is 3.19. The first kappa shape index (κ1) is 7.91. The molecule has 11 heavy (non-hydrogen) atoms.